The molecule has 6 nitrogen and oxygen atoms in total. The van der Waals surface area contributed by atoms with E-state index in [0.717, 1.165) is 9.87 Å². The molecule has 1 amide bonds. The highest BCUT2D eigenvalue weighted by Crippen LogP contribution is 2.25. The molecule has 0 bridgehead atoms. The van der Waals surface area contributed by atoms with Crippen molar-refractivity contribution in [1.29, 1.82) is 0 Å². The van der Waals surface area contributed by atoms with E-state index in [0.29, 0.717) is 27.0 Å². The lowest BCUT2D eigenvalue weighted by atomic mass is 10.2. The van der Waals surface area contributed by atoms with Gasteiger partial charge in [0.25, 0.3) is 0 Å². The molecule has 168 valence electrons. The highest BCUT2D eigenvalue weighted by molar-refractivity contribution is 7.89. The molecule has 0 aliphatic rings. The normalized spacial score (nSPS) is 11.4. The average Bonchev–Trinajstić information content (AvgIpc) is 2.76. The van der Waals surface area contributed by atoms with Crippen molar-refractivity contribution in [2.75, 3.05) is 19.0 Å². The number of nitrogens with zero attached hydrogens (tertiary/aromatic N) is 1. The summed E-state index contributed by atoms with van der Waals surface area (Å²) in [5.41, 5.74) is 2.02. The minimum Gasteiger partial charge on any atom is -0.497 e. The third kappa shape index (κ3) is 6.01. The maximum atomic E-state index is 13.4. The average molecular weight is 493 g/mol. The molecular formula is C23H22Cl2N2O4S. The lowest BCUT2D eigenvalue weighted by Gasteiger charge is -2.22. The molecule has 0 aromatic heterocycles. The largest absolute Gasteiger partial charge is 0.497 e. The Labute approximate surface area is 197 Å². The number of carbonyl (C=O) groups excluding carboxylic acids is 1. The van der Waals surface area contributed by atoms with E-state index in [1.165, 1.54) is 19.2 Å². The zero-order valence-corrected chi connectivity index (χ0v) is 19.8. The molecule has 3 aromatic carbocycles. The van der Waals surface area contributed by atoms with Crippen LogP contribution >= 0.6 is 23.2 Å². The first-order chi connectivity index (χ1) is 15.2. The topological polar surface area (TPSA) is 75.7 Å². The molecular weight excluding hydrogens is 471 g/mol. The van der Waals surface area contributed by atoms with Crippen molar-refractivity contribution >= 4 is 44.8 Å². The number of methoxy groups -OCH3 is 1. The standard InChI is InChI=1S/C23H22Cl2N2O4S/c1-16-6-9-20(10-7-16)32(29,30)27(14-17-8-11-21(24)22(25)12-17)15-23(28)26-18-4-3-5-19(13-18)31-2/h3-13H,14-15H2,1-2H3,(H,26,28). The molecule has 3 aromatic rings. The van der Waals surface area contributed by atoms with Crippen LogP contribution in [0.25, 0.3) is 0 Å². The summed E-state index contributed by atoms with van der Waals surface area (Å²) in [4.78, 5) is 12.9. The fourth-order valence-corrected chi connectivity index (χ4v) is 4.69. The van der Waals surface area contributed by atoms with E-state index in [2.05, 4.69) is 5.32 Å². The minimum atomic E-state index is -3.97. The molecule has 0 unspecified atom stereocenters. The van der Waals surface area contributed by atoms with Gasteiger partial charge in [0.05, 0.1) is 28.6 Å². The van der Waals surface area contributed by atoms with Gasteiger partial charge in [0.15, 0.2) is 0 Å². The number of halogens is 2. The van der Waals surface area contributed by atoms with Gasteiger partial charge in [0.1, 0.15) is 5.75 Å². The molecule has 0 atom stereocenters. The Balaban J connectivity index is 1.89. The number of anilines is 1. The highest BCUT2D eigenvalue weighted by atomic mass is 35.5. The van der Waals surface area contributed by atoms with Gasteiger partial charge in [0.2, 0.25) is 15.9 Å². The number of ether oxygens (including phenoxy) is 1. The molecule has 0 heterocycles. The fraction of sp³-hybridized carbons (Fsp3) is 0.174. The number of benzene rings is 3. The monoisotopic (exact) mass is 492 g/mol. The van der Waals surface area contributed by atoms with Crippen molar-refractivity contribution in [2.24, 2.45) is 0 Å². The van der Waals surface area contributed by atoms with Crippen LogP contribution in [0.3, 0.4) is 0 Å². The van der Waals surface area contributed by atoms with E-state index in [4.69, 9.17) is 27.9 Å². The van der Waals surface area contributed by atoms with Crippen LogP contribution in [0, 0.1) is 6.92 Å². The summed E-state index contributed by atoms with van der Waals surface area (Å²) >= 11 is 12.1. The van der Waals surface area contributed by atoms with E-state index >= 15 is 0 Å². The van der Waals surface area contributed by atoms with E-state index in [-0.39, 0.29) is 11.4 Å². The van der Waals surface area contributed by atoms with Crippen LogP contribution in [0.15, 0.2) is 71.6 Å². The maximum absolute atomic E-state index is 13.4. The minimum absolute atomic E-state index is 0.0569. The van der Waals surface area contributed by atoms with Gasteiger partial charge in [-0.15, -0.1) is 0 Å². The number of rotatable bonds is 8. The quantitative estimate of drug-likeness (QED) is 0.472. The summed E-state index contributed by atoms with van der Waals surface area (Å²) in [6, 6.07) is 18.1. The first-order valence-electron chi connectivity index (χ1n) is 9.63. The third-order valence-electron chi connectivity index (χ3n) is 4.68. The molecule has 0 saturated carbocycles. The second kappa shape index (κ2) is 10.4. The summed E-state index contributed by atoms with van der Waals surface area (Å²) in [5.74, 6) is 0.0803. The zero-order chi connectivity index (χ0) is 23.3. The first kappa shape index (κ1) is 24.1. The Bertz CT molecular complexity index is 1210. The van der Waals surface area contributed by atoms with E-state index < -0.39 is 22.5 Å². The summed E-state index contributed by atoms with van der Waals surface area (Å²) < 4.78 is 33.0. The molecule has 32 heavy (non-hydrogen) atoms. The Kier molecular flexibility index (Phi) is 7.79. The second-order valence-corrected chi connectivity index (χ2v) is 9.87. The summed E-state index contributed by atoms with van der Waals surface area (Å²) in [6.07, 6.45) is 0. The lowest BCUT2D eigenvalue weighted by molar-refractivity contribution is -0.116. The van der Waals surface area contributed by atoms with E-state index in [9.17, 15) is 13.2 Å². The van der Waals surface area contributed by atoms with Gasteiger partial charge in [-0.1, -0.05) is 53.0 Å². The molecule has 0 aliphatic heterocycles. The van der Waals surface area contributed by atoms with Crippen LogP contribution in [0.1, 0.15) is 11.1 Å². The zero-order valence-electron chi connectivity index (χ0n) is 17.5. The van der Waals surface area contributed by atoms with E-state index in [1.807, 2.05) is 6.92 Å². The third-order valence-corrected chi connectivity index (χ3v) is 7.22. The van der Waals surface area contributed by atoms with Gasteiger partial charge in [-0.05, 0) is 48.9 Å². The van der Waals surface area contributed by atoms with E-state index in [1.54, 1.807) is 54.6 Å². The fourth-order valence-electron chi connectivity index (χ4n) is 2.99. The number of hydrogen-bond acceptors (Lipinski definition) is 4. The van der Waals surface area contributed by atoms with Crippen molar-refractivity contribution < 1.29 is 17.9 Å². The SMILES string of the molecule is COc1cccc(NC(=O)CN(Cc2ccc(Cl)c(Cl)c2)S(=O)(=O)c2ccc(C)cc2)c1. The number of carbonyl (C=O) groups is 1. The van der Waals surface area contributed by atoms with Gasteiger partial charge < -0.3 is 10.1 Å². The summed E-state index contributed by atoms with van der Waals surface area (Å²) in [6.45, 7) is 1.41. The molecule has 0 radical (unpaired) electrons. The molecule has 0 spiro atoms. The number of aryl methyl sites for hydroxylation is 1. The molecule has 0 fully saturated rings. The van der Waals surface area contributed by atoms with Gasteiger partial charge >= 0.3 is 0 Å². The Morgan fingerprint density at radius 1 is 1.00 bits per heavy atom. The maximum Gasteiger partial charge on any atom is 0.243 e. The van der Waals surface area contributed by atoms with Gasteiger partial charge in [-0.25, -0.2) is 8.42 Å². The predicted molar refractivity (Wildman–Crippen MR) is 127 cm³/mol. The van der Waals surface area contributed by atoms with Crippen molar-refractivity contribution in [3.63, 3.8) is 0 Å². The smallest absolute Gasteiger partial charge is 0.243 e. The first-order valence-corrected chi connectivity index (χ1v) is 11.8. The van der Waals surface area contributed by atoms with Crippen molar-refractivity contribution in [3.05, 3.63) is 87.9 Å². The van der Waals surface area contributed by atoms with Crippen LogP contribution in [-0.4, -0.2) is 32.3 Å². The molecule has 9 heteroatoms. The van der Waals surface area contributed by atoms with Crippen LogP contribution in [0.2, 0.25) is 10.0 Å². The molecule has 1 N–H and O–H groups in total. The van der Waals surface area contributed by atoms with Crippen LogP contribution in [-0.2, 0) is 21.4 Å². The molecule has 0 saturated heterocycles. The van der Waals surface area contributed by atoms with Gasteiger partial charge in [-0.3, -0.25) is 4.79 Å². The molecule has 3 rings (SSSR count). The van der Waals surface area contributed by atoms with Crippen LogP contribution in [0.5, 0.6) is 5.75 Å². The second-order valence-electron chi connectivity index (χ2n) is 7.11. The van der Waals surface area contributed by atoms with Crippen molar-refractivity contribution in [1.82, 2.24) is 4.31 Å². The van der Waals surface area contributed by atoms with Crippen LogP contribution < -0.4 is 10.1 Å². The number of sulfonamides is 1. The number of nitrogens with one attached hydrogen (secondary N) is 1. The number of amides is 1. The molecule has 0 aliphatic carbocycles. The van der Waals surface area contributed by atoms with Crippen molar-refractivity contribution in [3.8, 4) is 5.75 Å². The summed E-state index contributed by atoms with van der Waals surface area (Å²) in [5, 5.41) is 3.38. The van der Waals surface area contributed by atoms with Gasteiger partial charge in [-0.2, -0.15) is 4.31 Å². The Morgan fingerprint density at radius 3 is 2.38 bits per heavy atom. The number of hydrogen-bond donors (Lipinski definition) is 1. The van der Waals surface area contributed by atoms with Crippen molar-refractivity contribution in [2.45, 2.75) is 18.4 Å². The van der Waals surface area contributed by atoms with Gasteiger partial charge in [0, 0.05) is 18.3 Å². The Hall–Kier alpha value is -2.58. The lowest BCUT2D eigenvalue weighted by Crippen LogP contribution is -2.37. The predicted octanol–water partition coefficient (Wildman–Crippen LogP) is 5.14. The summed E-state index contributed by atoms with van der Waals surface area (Å²) in [7, 11) is -2.45. The Morgan fingerprint density at radius 2 is 1.72 bits per heavy atom. The van der Waals surface area contributed by atoms with Crippen LogP contribution in [0.4, 0.5) is 5.69 Å². The highest BCUT2D eigenvalue weighted by Gasteiger charge is 2.27.